The number of nitrogens with zero attached hydrogens (tertiary/aromatic N) is 1. The number of aromatic amines is 1. The highest BCUT2D eigenvalue weighted by Gasteiger charge is 2.30. The van der Waals surface area contributed by atoms with Crippen LogP contribution in [0.3, 0.4) is 0 Å². The van der Waals surface area contributed by atoms with Gasteiger partial charge in [0.15, 0.2) is 0 Å². The van der Waals surface area contributed by atoms with Crippen molar-refractivity contribution in [1.29, 1.82) is 0 Å². The number of hydrogen-bond acceptors (Lipinski definition) is 2. The van der Waals surface area contributed by atoms with Crippen molar-refractivity contribution in [3.05, 3.63) is 34.2 Å². The third-order valence-corrected chi connectivity index (χ3v) is 4.64. The lowest BCUT2D eigenvalue weighted by Crippen LogP contribution is -2.29. The molecule has 1 aromatic carbocycles. The average Bonchev–Trinajstić information content (AvgIpc) is 2.74. The van der Waals surface area contributed by atoms with Gasteiger partial charge in [-0.1, -0.05) is 19.9 Å². The van der Waals surface area contributed by atoms with Crippen molar-refractivity contribution < 1.29 is 9.90 Å². The lowest BCUT2D eigenvalue weighted by atomic mass is 9.75. The molecule has 1 fully saturated rings. The molecule has 0 amide bonds. The second-order valence-electron chi connectivity index (χ2n) is 6.70. The number of aromatic carboxylic acids is 1. The van der Waals surface area contributed by atoms with Crippen LogP contribution in [0.1, 0.15) is 55.9 Å². The Kier molecular flexibility index (Phi) is 3.15. The van der Waals surface area contributed by atoms with Crippen molar-refractivity contribution in [3.8, 4) is 0 Å². The van der Waals surface area contributed by atoms with Crippen molar-refractivity contribution >= 4 is 17.0 Å². The van der Waals surface area contributed by atoms with E-state index < -0.39 is 5.97 Å². The molecule has 1 aliphatic rings. The van der Waals surface area contributed by atoms with Gasteiger partial charge < -0.3 is 10.1 Å². The molecule has 0 spiro atoms. The number of fused-ring (bicyclic) bond motifs is 1. The highest BCUT2D eigenvalue weighted by atomic mass is 16.4. The summed E-state index contributed by atoms with van der Waals surface area (Å²) in [6.45, 7) is 4.48. The Balaban J connectivity index is 2.12. The summed E-state index contributed by atoms with van der Waals surface area (Å²) < 4.78 is 1.66. The molecule has 0 unspecified atom stereocenters. The van der Waals surface area contributed by atoms with Gasteiger partial charge in [-0.15, -0.1) is 0 Å². The number of imidazole rings is 1. The second kappa shape index (κ2) is 4.76. The Morgan fingerprint density at radius 2 is 2.00 bits per heavy atom. The van der Waals surface area contributed by atoms with E-state index in [9.17, 15) is 14.7 Å². The number of hydrogen-bond donors (Lipinski definition) is 2. The number of aromatic nitrogens is 2. The second-order valence-corrected chi connectivity index (χ2v) is 6.70. The molecule has 2 aromatic rings. The van der Waals surface area contributed by atoms with Gasteiger partial charge in [0.2, 0.25) is 0 Å². The maximum atomic E-state index is 12.3. The molecule has 3 rings (SSSR count). The van der Waals surface area contributed by atoms with Crippen LogP contribution < -0.4 is 5.69 Å². The number of rotatable bonds is 2. The van der Waals surface area contributed by atoms with Gasteiger partial charge in [0, 0.05) is 6.04 Å². The Morgan fingerprint density at radius 3 is 2.62 bits per heavy atom. The lowest BCUT2D eigenvalue weighted by Gasteiger charge is -2.34. The van der Waals surface area contributed by atoms with E-state index in [0.717, 1.165) is 25.7 Å². The molecule has 1 aliphatic carbocycles. The summed E-state index contributed by atoms with van der Waals surface area (Å²) in [4.78, 5) is 26.5. The topological polar surface area (TPSA) is 75.1 Å². The van der Waals surface area contributed by atoms with E-state index in [2.05, 4.69) is 18.8 Å². The van der Waals surface area contributed by atoms with Crippen LogP contribution in [0.25, 0.3) is 11.0 Å². The molecule has 0 atom stereocenters. The summed E-state index contributed by atoms with van der Waals surface area (Å²) in [7, 11) is 0. The molecule has 5 heteroatoms. The van der Waals surface area contributed by atoms with Crippen LogP contribution >= 0.6 is 0 Å². The molecule has 5 nitrogen and oxygen atoms in total. The smallest absolute Gasteiger partial charge is 0.337 e. The largest absolute Gasteiger partial charge is 0.478 e. The van der Waals surface area contributed by atoms with Gasteiger partial charge in [0.1, 0.15) is 0 Å². The first kappa shape index (κ1) is 13.9. The van der Waals surface area contributed by atoms with Crippen molar-refractivity contribution in [2.45, 2.75) is 45.6 Å². The molecular formula is C16H20N2O3. The van der Waals surface area contributed by atoms with E-state index in [0.29, 0.717) is 16.4 Å². The zero-order chi connectivity index (χ0) is 15.2. The molecule has 0 radical (unpaired) electrons. The van der Waals surface area contributed by atoms with Gasteiger partial charge in [-0.25, -0.2) is 9.59 Å². The Bertz CT molecular complexity index is 744. The summed E-state index contributed by atoms with van der Waals surface area (Å²) >= 11 is 0. The van der Waals surface area contributed by atoms with Crippen LogP contribution in [0, 0.1) is 5.41 Å². The Hall–Kier alpha value is -2.04. The quantitative estimate of drug-likeness (QED) is 0.891. The fourth-order valence-electron chi connectivity index (χ4n) is 3.34. The standard InChI is InChI=1S/C16H20N2O3/c1-16(2)8-6-10(7-9-16)18-13-11(14(19)20)4-3-5-12(13)17-15(18)21/h3-5,10H,6-9H2,1-2H3,(H,17,21)(H,19,20). The fraction of sp³-hybridized carbons (Fsp3) is 0.500. The minimum absolute atomic E-state index is 0.0831. The maximum absolute atomic E-state index is 12.3. The van der Waals surface area contributed by atoms with Crippen LogP contribution in [0.5, 0.6) is 0 Å². The summed E-state index contributed by atoms with van der Waals surface area (Å²) in [6, 6.07) is 5.06. The molecule has 0 saturated heterocycles. The van der Waals surface area contributed by atoms with E-state index in [1.807, 2.05) is 0 Å². The van der Waals surface area contributed by atoms with Crippen LogP contribution in [0.2, 0.25) is 0 Å². The maximum Gasteiger partial charge on any atom is 0.337 e. The van der Waals surface area contributed by atoms with Crippen molar-refractivity contribution in [3.63, 3.8) is 0 Å². The highest BCUT2D eigenvalue weighted by Crippen LogP contribution is 2.40. The first-order chi connectivity index (χ1) is 9.89. The van der Waals surface area contributed by atoms with E-state index in [1.165, 1.54) is 0 Å². The number of carbonyl (C=O) groups is 1. The van der Waals surface area contributed by atoms with Gasteiger partial charge in [-0.3, -0.25) is 4.57 Å². The van der Waals surface area contributed by atoms with Crippen LogP contribution in [0.4, 0.5) is 0 Å². The van der Waals surface area contributed by atoms with E-state index >= 15 is 0 Å². The molecule has 112 valence electrons. The van der Waals surface area contributed by atoms with Gasteiger partial charge in [-0.2, -0.15) is 0 Å². The minimum Gasteiger partial charge on any atom is -0.478 e. The molecule has 1 aromatic heterocycles. The van der Waals surface area contributed by atoms with Crippen LogP contribution in [0.15, 0.2) is 23.0 Å². The Morgan fingerprint density at radius 1 is 1.33 bits per heavy atom. The number of carboxylic acid groups (broad SMARTS) is 1. The van der Waals surface area contributed by atoms with Gasteiger partial charge in [0.05, 0.1) is 16.6 Å². The molecule has 0 aliphatic heterocycles. The predicted octanol–water partition coefficient (Wildman–Crippen LogP) is 3.17. The zero-order valence-corrected chi connectivity index (χ0v) is 12.3. The SMILES string of the molecule is CC1(C)CCC(n2c(=O)[nH]c3cccc(C(=O)O)c32)CC1. The summed E-state index contributed by atoms with van der Waals surface area (Å²) in [5.74, 6) is -0.996. The number of benzene rings is 1. The monoisotopic (exact) mass is 288 g/mol. The zero-order valence-electron chi connectivity index (χ0n) is 12.3. The third-order valence-electron chi connectivity index (χ3n) is 4.64. The molecule has 0 bridgehead atoms. The first-order valence-electron chi connectivity index (χ1n) is 7.35. The normalized spacial score (nSPS) is 19.0. The van der Waals surface area contributed by atoms with E-state index in [-0.39, 0.29) is 17.3 Å². The summed E-state index contributed by atoms with van der Waals surface area (Å²) in [5, 5.41) is 9.37. The summed E-state index contributed by atoms with van der Waals surface area (Å²) in [6.07, 6.45) is 3.92. The molecule has 1 heterocycles. The third kappa shape index (κ3) is 2.37. The number of carboxylic acids is 1. The van der Waals surface area contributed by atoms with Crippen LogP contribution in [-0.4, -0.2) is 20.6 Å². The number of H-pyrrole nitrogens is 1. The first-order valence-corrected chi connectivity index (χ1v) is 7.35. The predicted molar refractivity (Wildman–Crippen MR) is 80.8 cm³/mol. The molecule has 21 heavy (non-hydrogen) atoms. The van der Waals surface area contributed by atoms with Gasteiger partial charge in [0.25, 0.3) is 0 Å². The van der Waals surface area contributed by atoms with Gasteiger partial charge >= 0.3 is 11.7 Å². The Labute approximate surface area is 122 Å². The van der Waals surface area contributed by atoms with Crippen molar-refractivity contribution in [2.24, 2.45) is 5.41 Å². The van der Waals surface area contributed by atoms with Gasteiger partial charge in [-0.05, 0) is 43.2 Å². The average molecular weight is 288 g/mol. The molecule has 2 N–H and O–H groups in total. The fourth-order valence-corrected chi connectivity index (χ4v) is 3.34. The molecular weight excluding hydrogens is 268 g/mol. The van der Waals surface area contributed by atoms with Crippen molar-refractivity contribution in [2.75, 3.05) is 0 Å². The van der Waals surface area contributed by atoms with E-state index in [4.69, 9.17) is 0 Å². The van der Waals surface area contributed by atoms with Crippen molar-refractivity contribution in [1.82, 2.24) is 9.55 Å². The minimum atomic E-state index is -0.996. The number of para-hydroxylation sites is 1. The highest BCUT2D eigenvalue weighted by molar-refractivity contribution is 6.01. The van der Waals surface area contributed by atoms with Crippen LogP contribution in [-0.2, 0) is 0 Å². The number of nitrogens with one attached hydrogen (secondary N) is 1. The molecule has 1 saturated carbocycles. The summed E-state index contributed by atoms with van der Waals surface area (Å²) in [5.41, 5.74) is 1.42. The van der Waals surface area contributed by atoms with E-state index in [1.54, 1.807) is 22.8 Å². The lowest BCUT2D eigenvalue weighted by molar-refractivity contribution is 0.0698.